The highest BCUT2D eigenvalue weighted by Gasteiger charge is 2.25. The van der Waals surface area contributed by atoms with Gasteiger partial charge in [0.1, 0.15) is 0 Å². The molecule has 0 aliphatic carbocycles. The molecule has 2 heterocycles. The summed E-state index contributed by atoms with van der Waals surface area (Å²) in [7, 11) is 0. The Morgan fingerprint density at radius 3 is 2.71 bits per heavy atom. The number of nitrogens with one attached hydrogen (secondary N) is 1. The molecule has 21 heavy (non-hydrogen) atoms. The molecule has 3 rings (SSSR count). The van der Waals surface area contributed by atoms with Crippen LogP contribution in [-0.4, -0.2) is 35.1 Å². The van der Waals surface area contributed by atoms with Crippen molar-refractivity contribution in [2.45, 2.75) is 25.9 Å². The van der Waals surface area contributed by atoms with Crippen LogP contribution in [0, 0.1) is 0 Å². The van der Waals surface area contributed by atoms with E-state index in [0.29, 0.717) is 0 Å². The summed E-state index contributed by atoms with van der Waals surface area (Å²) in [6, 6.07) is 13.0. The summed E-state index contributed by atoms with van der Waals surface area (Å²) in [6.07, 6.45) is 3.70. The molecule has 0 bridgehead atoms. The Bertz CT molecular complexity index is 592. The Morgan fingerprint density at radius 2 is 1.95 bits per heavy atom. The van der Waals surface area contributed by atoms with Gasteiger partial charge in [-0.15, -0.1) is 0 Å². The third-order valence-electron chi connectivity index (χ3n) is 4.00. The molecule has 1 aliphatic heterocycles. The molecular weight excluding hydrogens is 258 g/mol. The number of hydrogen-bond acceptors (Lipinski definition) is 3. The molecule has 0 spiro atoms. The van der Waals surface area contributed by atoms with Crippen molar-refractivity contribution in [1.82, 2.24) is 15.2 Å². The maximum atomic E-state index is 4.09. The average molecular weight is 281 g/mol. The van der Waals surface area contributed by atoms with E-state index < -0.39 is 0 Å². The van der Waals surface area contributed by atoms with E-state index >= 15 is 0 Å². The van der Waals surface area contributed by atoms with Crippen molar-refractivity contribution in [3.8, 4) is 11.1 Å². The quantitative estimate of drug-likeness (QED) is 0.937. The summed E-state index contributed by atoms with van der Waals surface area (Å²) in [5, 5.41) is 3.56. The highest BCUT2D eigenvalue weighted by atomic mass is 15.2. The summed E-state index contributed by atoms with van der Waals surface area (Å²) in [5.41, 5.74) is 4.08. The lowest BCUT2D eigenvalue weighted by atomic mass is 10.0. The van der Waals surface area contributed by atoms with E-state index in [1.165, 1.54) is 16.7 Å². The van der Waals surface area contributed by atoms with E-state index in [1.54, 1.807) is 0 Å². The summed E-state index contributed by atoms with van der Waals surface area (Å²) >= 11 is 0. The predicted octanol–water partition coefficient (Wildman–Crippen LogP) is 2.93. The number of piperazine rings is 1. The number of rotatable bonds is 3. The van der Waals surface area contributed by atoms with Gasteiger partial charge in [-0.05, 0) is 48.7 Å². The number of nitrogens with zero attached hydrogens (tertiary/aromatic N) is 2. The summed E-state index contributed by atoms with van der Waals surface area (Å²) in [4.78, 5) is 6.62. The molecule has 3 nitrogen and oxygen atoms in total. The fourth-order valence-corrected chi connectivity index (χ4v) is 3.03. The molecule has 110 valence electrons. The van der Waals surface area contributed by atoms with E-state index in [9.17, 15) is 0 Å². The number of benzene rings is 1. The molecule has 1 N–H and O–H groups in total. The summed E-state index contributed by atoms with van der Waals surface area (Å²) in [5.74, 6) is 0. The lowest BCUT2D eigenvalue weighted by molar-refractivity contribution is 0.148. The second-order valence-corrected chi connectivity index (χ2v) is 6.46. The van der Waals surface area contributed by atoms with Crippen LogP contribution >= 0.6 is 0 Å². The molecule has 0 amide bonds. The molecule has 0 radical (unpaired) electrons. The van der Waals surface area contributed by atoms with Gasteiger partial charge in [0.05, 0.1) is 0 Å². The van der Waals surface area contributed by atoms with Crippen molar-refractivity contribution in [2.75, 3.05) is 19.6 Å². The molecule has 1 aromatic heterocycles. The maximum absolute atomic E-state index is 4.09. The third kappa shape index (κ3) is 3.69. The Balaban J connectivity index is 1.75. The number of pyridine rings is 1. The van der Waals surface area contributed by atoms with Gasteiger partial charge in [0.15, 0.2) is 0 Å². The van der Waals surface area contributed by atoms with Gasteiger partial charge in [0.2, 0.25) is 0 Å². The van der Waals surface area contributed by atoms with E-state index in [1.807, 2.05) is 12.4 Å². The van der Waals surface area contributed by atoms with Crippen LogP contribution < -0.4 is 5.32 Å². The predicted molar refractivity (Wildman–Crippen MR) is 87.0 cm³/mol. The van der Waals surface area contributed by atoms with Crippen LogP contribution in [0.4, 0.5) is 0 Å². The first-order chi connectivity index (χ1) is 10.1. The van der Waals surface area contributed by atoms with Gasteiger partial charge in [-0.2, -0.15) is 0 Å². The molecule has 0 atom stereocenters. The Kier molecular flexibility index (Phi) is 4.04. The molecule has 0 saturated carbocycles. The monoisotopic (exact) mass is 281 g/mol. The number of aromatic nitrogens is 1. The topological polar surface area (TPSA) is 28.2 Å². The molecule has 3 heteroatoms. The normalized spacial score (nSPS) is 18.6. The molecular formula is C18H23N3. The van der Waals surface area contributed by atoms with Gasteiger partial charge in [-0.3, -0.25) is 9.88 Å². The fraction of sp³-hybridized carbons (Fsp3) is 0.389. The highest BCUT2D eigenvalue weighted by Crippen LogP contribution is 2.21. The van der Waals surface area contributed by atoms with Gasteiger partial charge in [-0.25, -0.2) is 0 Å². The zero-order chi connectivity index (χ0) is 14.7. The van der Waals surface area contributed by atoms with Gasteiger partial charge >= 0.3 is 0 Å². The van der Waals surface area contributed by atoms with Crippen molar-refractivity contribution in [3.63, 3.8) is 0 Å². The van der Waals surface area contributed by atoms with Gasteiger partial charge in [0, 0.05) is 44.1 Å². The Morgan fingerprint density at radius 1 is 1.14 bits per heavy atom. The van der Waals surface area contributed by atoms with Crippen LogP contribution in [0.25, 0.3) is 11.1 Å². The first-order valence-corrected chi connectivity index (χ1v) is 7.59. The first-order valence-electron chi connectivity index (χ1n) is 7.59. The lowest BCUT2D eigenvalue weighted by Crippen LogP contribution is -2.56. The third-order valence-corrected chi connectivity index (χ3v) is 4.00. The molecule has 1 aromatic carbocycles. The van der Waals surface area contributed by atoms with Gasteiger partial charge in [0.25, 0.3) is 0 Å². The molecule has 0 unspecified atom stereocenters. The zero-order valence-electron chi connectivity index (χ0n) is 12.8. The van der Waals surface area contributed by atoms with Crippen LogP contribution in [0.1, 0.15) is 19.4 Å². The maximum Gasteiger partial charge on any atom is 0.0273 e. The van der Waals surface area contributed by atoms with Crippen molar-refractivity contribution in [1.29, 1.82) is 0 Å². The van der Waals surface area contributed by atoms with E-state index in [4.69, 9.17) is 0 Å². The fourth-order valence-electron chi connectivity index (χ4n) is 3.03. The van der Waals surface area contributed by atoms with E-state index in [2.05, 4.69) is 65.4 Å². The molecule has 1 fully saturated rings. The molecule has 1 aliphatic rings. The number of hydrogen-bond donors (Lipinski definition) is 1. The Labute approximate surface area is 127 Å². The first kappa shape index (κ1) is 14.2. The minimum absolute atomic E-state index is 0.209. The van der Waals surface area contributed by atoms with Crippen molar-refractivity contribution >= 4 is 0 Å². The van der Waals surface area contributed by atoms with Crippen molar-refractivity contribution in [2.24, 2.45) is 0 Å². The standard InChI is InChI=1S/C18H23N3/c1-18(2)14-21(11-10-20-18)13-15-4-3-5-17(12-15)16-6-8-19-9-7-16/h3-9,12,20H,10-11,13-14H2,1-2H3. The smallest absolute Gasteiger partial charge is 0.0273 e. The highest BCUT2D eigenvalue weighted by molar-refractivity contribution is 5.63. The summed E-state index contributed by atoms with van der Waals surface area (Å²) in [6.45, 7) is 8.83. The van der Waals surface area contributed by atoms with Crippen LogP contribution in [0.3, 0.4) is 0 Å². The minimum Gasteiger partial charge on any atom is -0.309 e. The SMILES string of the molecule is CC1(C)CN(Cc2cccc(-c3ccncc3)c2)CCN1. The van der Waals surface area contributed by atoms with Crippen molar-refractivity contribution < 1.29 is 0 Å². The van der Waals surface area contributed by atoms with Crippen LogP contribution in [0.2, 0.25) is 0 Å². The Hall–Kier alpha value is -1.71. The van der Waals surface area contributed by atoms with E-state index in [0.717, 1.165) is 26.2 Å². The van der Waals surface area contributed by atoms with Gasteiger partial charge in [-0.1, -0.05) is 18.2 Å². The van der Waals surface area contributed by atoms with Crippen LogP contribution in [0.15, 0.2) is 48.8 Å². The van der Waals surface area contributed by atoms with Crippen LogP contribution in [-0.2, 0) is 6.54 Å². The zero-order valence-corrected chi connectivity index (χ0v) is 12.8. The average Bonchev–Trinajstić information content (AvgIpc) is 2.47. The molecule has 1 saturated heterocycles. The van der Waals surface area contributed by atoms with Crippen LogP contribution in [0.5, 0.6) is 0 Å². The lowest BCUT2D eigenvalue weighted by Gasteiger charge is -2.39. The summed E-state index contributed by atoms with van der Waals surface area (Å²) < 4.78 is 0. The minimum atomic E-state index is 0.209. The molecule has 2 aromatic rings. The second-order valence-electron chi connectivity index (χ2n) is 6.46. The van der Waals surface area contributed by atoms with E-state index in [-0.39, 0.29) is 5.54 Å². The van der Waals surface area contributed by atoms with Crippen molar-refractivity contribution in [3.05, 3.63) is 54.4 Å². The second kappa shape index (κ2) is 5.96. The largest absolute Gasteiger partial charge is 0.309 e. The van der Waals surface area contributed by atoms with Gasteiger partial charge < -0.3 is 5.32 Å².